The maximum absolute atomic E-state index is 13.0. The molecule has 0 fully saturated rings. The Morgan fingerprint density at radius 1 is 0.844 bits per heavy atom. The molecule has 0 radical (unpaired) electrons. The van der Waals surface area contributed by atoms with Gasteiger partial charge in [0.05, 0.1) is 4.90 Å². The van der Waals surface area contributed by atoms with Crippen LogP contribution in [0.5, 0.6) is 0 Å². The lowest BCUT2D eigenvalue weighted by atomic mass is 10.1. The molecule has 4 rings (SSSR count). The molecule has 4 aromatic rings. The molecule has 0 atom stereocenters. The molecule has 0 saturated heterocycles. The summed E-state index contributed by atoms with van der Waals surface area (Å²) in [6, 6.07) is 28.0. The number of rotatable bonds is 7. The van der Waals surface area contributed by atoms with Gasteiger partial charge in [-0.25, -0.2) is 8.42 Å². The second-order valence-corrected chi connectivity index (χ2v) is 9.15. The maximum Gasteiger partial charge on any atom is 0.262 e. The molecule has 0 aliphatic carbocycles. The van der Waals surface area contributed by atoms with Crippen LogP contribution < -0.4 is 10.0 Å². The lowest BCUT2D eigenvalue weighted by molar-refractivity contribution is 0.602. The van der Waals surface area contributed by atoms with Crippen molar-refractivity contribution in [3.8, 4) is 0 Å². The predicted octanol–water partition coefficient (Wildman–Crippen LogP) is 6.59. The zero-order chi connectivity index (χ0) is 22.6. The Bertz CT molecular complexity index is 1400. The quantitative estimate of drug-likeness (QED) is 0.319. The van der Waals surface area contributed by atoms with Gasteiger partial charge >= 0.3 is 0 Å². The van der Waals surface area contributed by atoms with Crippen molar-refractivity contribution in [2.75, 3.05) is 10.0 Å². The second-order valence-electron chi connectivity index (χ2n) is 7.50. The van der Waals surface area contributed by atoms with Crippen molar-refractivity contribution in [1.82, 2.24) is 0 Å². The van der Waals surface area contributed by atoms with E-state index >= 15 is 0 Å². The van der Waals surface area contributed by atoms with Crippen LogP contribution in [-0.4, -0.2) is 8.42 Å². The number of nitrogens with one attached hydrogen (secondary N) is 2. The van der Waals surface area contributed by atoms with Crippen LogP contribution in [0.15, 0.2) is 114 Å². The predicted molar refractivity (Wildman–Crippen MR) is 134 cm³/mol. The van der Waals surface area contributed by atoms with Gasteiger partial charge in [0.15, 0.2) is 0 Å². The normalized spacial score (nSPS) is 11.5. The largest absolute Gasteiger partial charge is 0.356 e. The van der Waals surface area contributed by atoms with Gasteiger partial charge in [-0.2, -0.15) is 0 Å². The van der Waals surface area contributed by atoms with Crippen LogP contribution in [0.4, 0.5) is 11.4 Å². The van der Waals surface area contributed by atoms with Crippen molar-refractivity contribution in [1.29, 1.82) is 0 Å². The zero-order valence-corrected chi connectivity index (χ0v) is 18.6. The van der Waals surface area contributed by atoms with Gasteiger partial charge in [-0.15, -0.1) is 0 Å². The van der Waals surface area contributed by atoms with Gasteiger partial charge in [-0.05, 0) is 53.8 Å². The number of allylic oxidation sites excluding steroid dienone is 1. The Morgan fingerprint density at radius 2 is 1.53 bits per heavy atom. The first kappa shape index (κ1) is 21.4. The van der Waals surface area contributed by atoms with E-state index in [1.54, 1.807) is 24.3 Å². The van der Waals surface area contributed by atoms with E-state index in [0.717, 1.165) is 27.9 Å². The van der Waals surface area contributed by atoms with Crippen molar-refractivity contribution >= 4 is 38.2 Å². The van der Waals surface area contributed by atoms with Crippen molar-refractivity contribution in [2.24, 2.45) is 0 Å². The maximum atomic E-state index is 13.0. The van der Waals surface area contributed by atoms with Crippen molar-refractivity contribution < 1.29 is 8.42 Å². The Kier molecular flexibility index (Phi) is 6.10. The van der Waals surface area contributed by atoms with E-state index in [0.29, 0.717) is 11.1 Å². The lowest BCUT2D eigenvalue weighted by Crippen LogP contribution is -2.13. The minimum absolute atomic E-state index is 0.262. The number of benzene rings is 4. The van der Waals surface area contributed by atoms with E-state index < -0.39 is 10.0 Å². The number of aryl methyl sites for hydroxylation is 1. The van der Waals surface area contributed by atoms with Gasteiger partial charge in [0, 0.05) is 22.5 Å². The summed E-state index contributed by atoms with van der Waals surface area (Å²) in [4.78, 5) is 0.262. The molecule has 0 unspecified atom stereocenters. The highest BCUT2D eigenvalue weighted by atomic mass is 32.2. The average molecular weight is 441 g/mol. The summed E-state index contributed by atoms with van der Waals surface area (Å²) >= 11 is 0. The summed E-state index contributed by atoms with van der Waals surface area (Å²) in [6.45, 7) is 6.08. The molecule has 5 heteroatoms. The Labute approximate surface area is 189 Å². The summed E-state index contributed by atoms with van der Waals surface area (Å²) < 4.78 is 28.6. The topological polar surface area (TPSA) is 58.2 Å². The first-order valence-corrected chi connectivity index (χ1v) is 11.7. The molecule has 32 heavy (non-hydrogen) atoms. The molecule has 160 valence electrons. The van der Waals surface area contributed by atoms with E-state index in [1.807, 2.05) is 85.8 Å². The van der Waals surface area contributed by atoms with Gasteiger partial charge in [-0.3, -0.25) is 4.72 Å². The SMILES string of the molecule is C=C(/C=C/c1ccc(NS(=O)(=O)c2cccc3ccccc23)cc1)Nc1ccccc1C. The fourth-order valence-electron chi connectivity index (χ4n) is 3.43. The van der Waals surface area contributed by atoms with Crippen LogP contribution in [0, 0.1) is 6.92 Å². The third kappa shape index (κ3) is 4.90. The van der Waals surface area contributed by atoms with Crippen molar-refractivity contribution in [3.63, 3.8) is 0 Å². The number of hydrogen-bond acceptors (Lipinski definition) is 3. The van der Waals surface area contributed by atoms with Gasteiger partial charge < -0.3 is 5.32 Å². The summed E-state index contributed by atoms with van der Waals surface area (Å²) in [6.07, 6.45) is 3.82. The van der Waals surface area contributed by atoms with Crippen LogP contribution in [0.3, 0.4) is 0 Å². The highest BCUT2D eigenvalue weighted by Gasteiger charge is 2.17. The van der Waals surface area contributed by atoms with E-state index in [1.165, 1.54) is 0 Å². The highest BCUT2D eigenvalue weighted by Crippen LogP contribution is 2.25. The van der Waals surface area contributed by atoms with Crippen LogP contribution in [0.1, 0.15) is 11.1 Å². The van der Waals surface area contributed by atoms with Gasteiger partial charge in [0.2, 0.25) is 0 Å². The molecule has 4 aromatic carbocycles. The standard InChI is InChI=1S/C27H24N2O2S/c1-20-8-3-6-12-26(20)28-21(2)14-15-22-16-18-24(19-17-22)29-32(30,31)27-13-7-10-23-9-4-5-11-25(23)27/h3-19,28-29H,2H2,1H3/b15-14+. The van der Waals surface area contributed by atoms with Crippen molar-refractivity contribution in [2.45, 2.75) is 11.8 Å². The molecular formula is C27H24N2O2S. The van der Waals surface area contributed by atoms with Gasteiger partial charge in [0.1, 0.15) is 0 Å². The molecule has 0 heterocycles. The van der Waals surface area contributed by atoms with Crippen LogP contribution >= 0.6 is 0 Å². The van der Waals surface area contributed by atoms with E-state index in [9.17, 15) is 8.42 Å². The molecule has 0 aromatic heterocycles. The summed E-state index contributed by atoms with van der Waals surface area (Å²) in [7, 11) is -3.71. The Morgan fingerprint density at radius 3 is 2.31 bits per heavy atom. The fraction of sp³-hybridized carbons (Fsp3) is 0.0370. The monoisotopic (exact) mass is 440 g/mol. The minimum atomic E-state index is -3.71. The summed E-state index contributed by atoms with van der Waals surface area (Å²) in [5.41, 5.74) is 4.36. The Hall–Kier alpha value is -3.83. The molecule has 4 nitrogen and oxygen atoms in total. The summed E-state index contributed by atoms with van der Waals surface area (Å²) in [5.74, 6) is 0. The smallest absolute Gasteiger partial charge is 0.262 e. The fourth-order valence-corrected chi connectivity index (χ4v) is 4.72. The first-order valence-electron chi connectivity index (χ1n) is 10.2. The number of sulfonamides is 1. The number of para-hydroxylation sites is 1. The molecule has 0 amide bonds. The second kappa shape index (κ2) is 9.12. The van der Waals surface area contributed by atoms with Crippen LogP contribution in [0.2, 0.25) is 0 Å². The molecule has 0 aliphatic rings. The van der Waals surface area contributed by atoms with Gasteiger partial charge in [0.25, 0.3) is 10.0 Å². The number of fused-ring (bicyclic) bond motifs is 1. The molecule has 2 N–H and O–H groups in total. The van der Waals surface area contributed by atoms with Crippen LogP contribution in [-0.2, 0) is 10.0 Å². The van der Waals surface area contributed by atoms with Crippen LogP contribution in [0.25, 0.3) is 16.8 Å². The Balaban J connectivity index is 1.46. The molecule has 0 saturated carbocycles. The lowest BCUT2D eigenvalue weighted by Gasteiger charge is -2.11. The number of anilines is 2. The third-order valence-corrected chi connectivity index (χ3v) is 6.56. The van der Waals surface area contributed by atoms with Gasteiger partial charge in [-0.1, -0.05) is 79.4 Å². The van der Waals surface area contributed by atoms with Crippen molar-refractivity contribution in [3.05, 3.63) is 120 Å². The average Bonchev–Trinajstić information content (AvgIpc) is 2.79. The van der Waals surface area contributed by atoms with E-state index in [2.05, 4.69) is 16.6 Å². The summed E-state index contributed by atoms with van der Waals surface area (Å²) in [5, 5.41) is 4.86. The highest BCUT2D eigenvalue weighted by molar-refractivity contribution is 7.93. The minimum Gasteiger partial charge on any atom is -0.356 e. The first-order chi connectivity index (χ1) is 15.4. The third-order valence-electron chi connectivity index (χ3n) is 5.12. The van der Waals surface area contributed by atoms with E-state index in [-0.39, 0.29) is 4.90 Å². The molecular weight excluding hydrogens is 416 g/mol. The molecule has 0 aliphatic heterocycles. The molecule has 0 spiro atoms. The number of hydrogen-bond donors (Lipinski definition) is 2. The van der Waals surface area contributed by atoms with E-state index in [4.69, 9.17) is 0 Å². The molecule has 0 bridgehead atoms. The zero-order valence-electron chi connectivity index (χ0n) is 17.7.